The number of hydrogen-bond donors (Lipinski definition) is 0. The summed E-state index contributed by atoms with van der Waals surface area (Å²) in [4.78, 5) is 24.9. The fourth-order valence-electron chi connectivity index (χ4n) is 2.63. The van der Waals surface area contributed by atoms with Gasteiger partial charge in [-0.2, -0.15) is 0 Å². The number of imide groups is 1. The molecule has 1 aliphatic carbocycles. The molecule has 0 saturated carbocycles. The maximum Gasteiger partial charge on any atom is 0.416 e. The summed E-state index contributed by atoms with van der Waals surface area (Å²) in [6.07, 6.45) is 1.24. The lowest BCUT2D eigenvalue weighted by Crippen LogP contribution is -2.40. The van der Waals surface area contributed by atoms with E-state index in [1.807, 2.05) is 0 Å². The van der Waals surface area contributed by atoms with Crippen molar-refractivity contribution in [1.82, 2.24) is 4.90 Å². The topological polar surface area (TPSA) is 46.6 Å². The van der Waals surface area contributed by atoms with E-state index in [-0.39, 0.29) is 11.8 Å². The van der Waals surface area contributed by atoms with E-state index in [1.165, 1.54) is 16.0 Å². The Hall–Kier alpha value is -1.32. The van der Waals surface area contributed by atoms with Crippen molar-refractivity contribution in [3.63, 3.8) is 0 Å². The van der Waals surface area contributed by atoms with Crippen molar-refractivity contribution < 1.29 is 14.3 Å². The first kappa shape index (κ1) is 12.1. The fourth-order valence-corrected chi connectivity index (χ4v) is 2.63. The van der Waals surface area contributed by atoms with Crippen molar-refractivity contribution >= 4 is 12.0 Å². The van der Waals surface area contributed by atoms with E-state index in [0.717, 1.165) is 12.8 Å². The first-order valence-electron chi connectivity index (χ1n) is 6.14. The SMILES string of the molecule is CC1=C(C)C[C@@H](C(=O)N2CCOC2=O)[C@H](C)C1. The van der Waals surface area contributed by atoms with Crippen LogP contribution < -0.4 is 0 Å². The lowest BCUT2D eigenvalue weighted by molar-refractivity contribution is -0.133. The number of cyclic esters (lactones) is 1. The van der Waals surface area contributed by atoms with Gasteiger partial charge in [0.25, 0.3) is 0 Å². The van der Waals surface area contributed by atoms with Crippen LogP contribution in [0.2, 0.25) is 0 Å². The van der Waals surface area contributed by atoms with Gasteiger partial charge in [-0.25, -0.2) is 9.69 Å². The molecule has 0 N–H and O–H groups in total. The van der Waals surface area contributed by atoms with E-state index >= 15 is 0 Å². The summed E-state index contributed by atoms with van der Waals surface area (Å²) >= 11 is 0. The van der Waals surface area contributed by atoms with Crippen LogP contribution in [0.25, 0.3) is 0 Å². The van der Waals surface area contributed by atoms with Crippen LogP contribution in [0.4, 0.5) is 4.79 Å². The minimum Gasteiger partial charge on any atom is -0.447 e. The summed E-state index contributed by atoms with van der Waals surface area (Å²) in [5.41, 5.74) is 2.67. The molecule has 2 rings (SSSR count). The van der Waals surface area contributed by atoms with E-state index < -0.39 is 6.09 Å². The van der Waals surface area contributed by atoms with Gasteiger partial charge in [0.2, 0.25) is 5.91 Å². The Balaban J connectivity index is 2.12. The Morgan fingerprint density at radius 3 is 2.53 bits per heavy atom. The van der Waals surface area contributed by atoms with Gasteiger partial charge in [0.1, 0.15) is 6.61 Å². The highest BCUT2D eigenvalue weighted by molar-refractivity contribution is 5.94. The maximum atomic E-state index is 12.3. The summed E-state index contributed by atoms with van der Waals surface area (Å²) in [5.74, 6) is 0.177. The van der Waals surface area contributed by atoms with Gasteiger partial charge < -0.3 is 4.74 Å². The predicted octanol–water partition coefficient (Wildman–Crippen LogP) is 2.35. The van der Waals surface area contributed by atoms with Crippen LogP contribution in [-0.4, -0.2) is 30.1 Å². The molecule has 0 radical (unpaired) electrons. The van der Waals surface area contributed by atoms with Crippen molar-refractivity contribution in [2.24, 2.45) is 11.8 Å². The number of rotatable bonds is 1. The number of allylic oxidation sites excluding steroid dienone is 2. The number of ether oxygens (including phenoxy) is 1. The Kier molecular flexibility index (Phi) is 3.22. The van der Waals surface area contributed by atoms with Crippen LogP contribution >= 0.6 is 0 Å². The molecule has 0 spiro atoms. The third-order valence-corrected chi connectivity index (χ3v) is 3.91. The van der Waals surface area contributed by atoms with Gasteiger partial charge in [-0.3, -0.25) is 4.79 Å². The quantitative estimate of drug-likeness (QED) is 0.658. The van der Waals surface area contributed by atoms with Crippen molar-refractivity contribution in [1.29, 1.82) is 0 Å². The van der Waals surface area contributed by atoms with Crippen LogP contribution in [0.5, 0.6) is 0 Å². The zero-order chi connectivity index (χ0) is 12.6. The molecule has 0 aromatic heterocycles. The molecule has 4 nitrogen and oxygen atoms in total. The molecule has 2 aliphatic rings. The van der Waals surface area contributed by atoms with Crippen molar-refractivity contribution in [3.05, 3.63) is 11.1 Å². The maximum absolute atomic E-state index is 12.3. The Bertz CT molecular complexity index is 386. The van der Waals surface area contributed by atoms with E-state index in [2.05, 4.69) is 20.8 Å². The number of amides is 2. The van der Waals surface area contributed by atoms with Crippen molar-refractivity contribution in [2.45, 2.75) is 33.6 Å². The van der Waals surface area contributed by atoms with E-state index in [1.54, 1.807) is 0 Å². The third kappa shape index (κ3) is 2.21. The Morgan fingerprint density at radius 2 is 1.94 bits per heavy atom. The summed E-state index contributed by atoms with van der Waals surface area (Å²) in [6, 6.07) is 0. The monoisotopic (exact) mass is 237 g/mol. The Morgan fingerprint density at radius 1 is 1.29 bits per heavy atom. The average Bonchev–Trinajstić information content (AvgIpc) is 2.69. The van der Waals surface area contributed by atoms with Crippen LogP contribution in [0.1, 0.15) is 33.6 Å². The second-order valence-corrected chi connectivity index (χ2v) is 5.16. The molecule has 2 atom stereocenters. The third-order valence-electron chi connectivity index (χ3n) is 3.91. The van der Waals surface area contributed by atoms with Gasteiger partial charge >= 0.3 is 6.09 Å². The summed E-state index contributed by atoms with van der Waals surface area (Å²) in [6.45, 7) is 7.02. The molecule has 0 aromatic carbocycles. The molecule has 0 bridgehead atoms. The zero-order valence-electron chi connectivity index (χ0n) is 10.7. The highest BCUT2D eigenvalue weighted by Gasteiger charge is 2.37. The normalized spacial score (nSPS) is 29.6. The van der Waals surface area contributed by atoms with Crippen LogP contribution in [-0.2, 0) is 9.53 Å². The first-order chi connectivity index (χ1) is 8.00. The second-order valence-electron chi connectivity index (χ2n) is 5.16. The summed E-state index contributed by atoms with van der Waals surface area (Å²) in [7, 11) is 0. The molecule has 2 amide bonds. The largest absolute Gasteiger partial charge is 0.447 e. The molecule has 1 aliphatic heterocycles. The van der Waals surface area contributed by atoms with Crippen molar-refractivity contribution in [2.75, 3.05) is 13.2 Å². The highest BCUT2D eigenvalue weighted by Crippen LogP contribution is 2.35. The average molecular weight is 237 g/mol. The lowest BCUT2D eigenvalue weighted by Gasteiger charge is -2.31. The molecule has 0 aromatic rings. The minimum absolute atomic E-state index is 0.0631. The van der Waals surface area contributed by atoms with Crippen LogP contribution in [0, 0.1) is 11.8 Å². The van der Waals surface area contributed by atoms with E-state index in [0.29, 0.717) is 19.1 Å². The van der Waals surface area contributed by atoms with Gasteiger partial charge in [0.15, 0.2) is 0 Å². The summed E-state index contributed by atoms with van der Waals surface area (Å²) < 4.78 is 4.81. The molecule has 17 heavy (non-hydrogen) atoms. The molecule has 1 saturated heterocycles. The van der Waals surface area contributed by atoms with Gasteiger partial charge in [0.05, 0.1) is 6.54 Å². The van der Waals surface area contributed by atoms with E-state index in [4.69, 9.17) is 4.74 Å². The second kappa shape index (κ2) is 4.51. The molecule has 94 valence electrons. The van der Waals surface area contributed by atoms with Crippen molar-refractivity contribution in [3.8, 4) is 0 Å². The van der Waals surface area contributed by atoms with Gasteiger partial charge in [-0.1, -0.05) is 18.1 Å². The standard InChI is InChI=1S/C13H19NO3/c1-8-6-10(3)11(7-9(8)2)12(15)14-4-5-17-13(14)16/h10-11H,4-7H2,1-3H3/t10-,11-/m1/s1. The van der Waals surface area contributed by atoms with Crippen LogP contribution in [0.15, 0.2) is 11.1 Å². The predicted molar refractivity (Wildman–Crippen MR) is 63.3 cm³/mol. The lowest BCUT2D eigenvalue weighted by atomic mass is 9.77. The molecule has 1 fully saturated rings. The zero-order valence-corrected chi connectivity index (χ0v) is 10.7. The fraction of sp³-hybridized carbons (Fsp3) is 0.692. The number of carbonyl (C=O) groups is 2. The smallest absolute Gasteiger partial charge is 0.416 e. The Labute approximate surface area is 102 Å². The minimum atomic E-state index is -0.480. The summed E-state index contributed by atoms with van der Waals surface area (Å²) in [5, 5.41) is 0. The number of nitrogens with zero attached hydrogens (tertiary/aromatic N) is 1. The molecular formula is C13H19NO3. The molecule has 0 unspecified atom stereocenters. The molecule has 1 heterocycles. The first-order valence-corrected chi connectivity index (χ1v) is 6.14. The number of hydrogen-bond acceptors (Lipinski definition) is 3. The highest BCUT2D eigenvalue weighted by atomic mass is 16.6. The van der Waals surface area contributed by atoms with E-state index in [9.17, 15) is 9.59 Å². The number of carbonyl (C=O) groups excluding carboxylic acids is 2. The van der Waals surface area contributed by atoms with Gasteiger partial charge in [-0.15, -0.1) is 0 Å². The molecule has 4 heteroatoms. The van der Waals surface area contributed by atoms with Crippen LogP contribution in [0.3, 0.4) is 0 Å². The van der Waals surface area contributed by atoms with Gasteiger partial charge in [-0.05, 0) is 32.6 Å². The van der Waals surface area contributed by atoms with Gasteiger partial charge in [0, 0.05) is 5.92 Å². The molecular weight excluding hydrogens is 218 g/mol.